The number of nitrogens with one attached hydrogen (secondary N) is 1. The summed E-state index contributed by atoms with van der Waals surface area (Å²) in [5.41, 5.74) is 3.66. The number of carbonyl (C=O) groups is 1. The zero-order chi connectivity index (χ0) is 14.5. The number of carbonyl (C=O) groups excluding carboxylic acids is 1. The highest BCUT2D eigenvalue weighted by Crippen LogP contribution is 2.18. The van der Waals surface area contributed by atoms with E-state index in [0.29, 0.717) is 6.04 Å². The molecule has 110 valence electrons. The molecule has 1 fully saturated rings. The largest absolute Gasteiger partial charge is 0.350 e. The van der Waals surface area contributed by atoms with Crippen LogP contribution in [0.4, 0.5) is 0 Å². The van der Waals surface area contributed by atoms with Gasteiger partial charge in [-0.05, 0) is 50.8 Å². The average molecular weight is 274 g/mol. The van der Waals surface area contributed by atoms with Gasteiger partial charge in [0.2, 0.25) is 5.91 Å². The van der Waals surface area contributed by atoms with Gasteiger partial charge in [-0.25, -0.2) is 0 Å². The van der Waals surface area contributed by atoms with Gasteiger partial charge < -0.3 is 9.88 Å². The quantitative estimate of drug-likeness (QED) is 0.818. The van der Waals surface area contributed by atoms with Crippen molar-refractivity contribution in [2.45, 2.75) is 65.5 Å². The van der Waals surface area contributed by atoms with Crippen LogP contribution in [-0.2, 0) is 11.3 Å². The van der Waals surface area contributed by atoms with Gasteiger partial charge in [-0.3, -0.25) is 4.79 Å². The maximum Gasteiger partial charge on any atom is 0.244 e. The van der Waals surface area contributed by atoms with Crippen molar-refractivity contribution in [3.05, 3.63) is 29.1 Å². The first-order chi connectivity index (χ1) is 9.61. The van der Waals surface area contributed by atoms with Gasteiger partial charge in [-0.2, -0.15) is 0 Å². The van der Waals surface area contributed by atoms with Crippen LogP contribution in [0.15, 0.2) is 12.1 Å². The second-order valence-corrected chi connectivity index (χ2v) is 5.80. The minimum atomic E-state index is 0.0391. The number of nitrogens with zero attached hydrogens (tertiary/aromatic N) is 1. The van der Waals surface area contributed by atoms with Crippen LogP contribution >= 0.6 is 0 Å². The fourth-order valence-electron chi connectivity index (χ4n) is 3.05. The number of amides is 1. The highest BCUT2D eigenvalue weighted by molar-refractivity contribution is 5.92. The van der Waals surface area contributed by atoms with E-state index in [2.05, 4.69) is 36.7 Å². The third-order valence-corrected chi connectivity index (χ3v) is 4.18. The monoisotopic (exact) mass is 274 g/mol. The Morgan fingerprint density at radius 1 is 1.40 bits per heavy atom. The topological polar surface area (TPSA) is 34.0 Å². The van der Waals surface area contributed by atoms with E-state index < -0.39 is 0 Å². The lowest BCUT2D eigenvalue weighted by atomic mass is 10.2. The van der Waals surface area contributed by atoms with E-state index in [1.807, 2.05) is 6.08 Å². The van der Waals surface area contributed by atoms with Gasteiger partial charge in [0.15, 0.2) is 0 Å². The molecule has 2 rings (SSSR count). The van der Waals surface area contributed by atoms with Crippen molar-refractivity contribution in [3.63, 3.8) is 0 Å². The van der Waals surface area contributed by atoms with Crippen molar-refractivity contribution in [2.24, 2.45) is 0 Å². The molecule has 1 aromatic heterocycles. The summed E-state index contributed by atoms with van der Waals surface area (Å²) < 4.78 is 2.31. The van der Waals surface area contributed by atoms with Gasteiger partial charge in [0.05, 0.1) is 0 Å². The number of hydrogen-bond acceptors (Lipinski definition) is 1. The second-order valence-electron chi connectivity index (χ2n) is 5.80. The van der Waals surface area contributed by atoms with E-state index in [0.717, 1.165) is 31.4 Å². The second kappa shape index (κ2) is 6.78. The predicted octanol–water partition coefficient (Wildman–Crippen LogP) is 3.59. The van der Waals surface area contributed by atoms with Gasteiger partial charge >= 0.3 is 0 Å². The third kappa shape index (κ3) is 3.53. The van der Waals surface area contributed by atoms with Gasteiger partial charge in [-0.1, -0.05) is 19.8 Å². The molecule has 0 aliphatic heterocycles. The fraction of sp³-hybridized carbons (Fsp3) is 0.588. The first-order valence-electron chi connectivity index (χ1n) is 7.77. The molecule has 1 heterocycles. The maximum absolute atomic E-state index is 11.9. The number of aryl methyl sites for hydroxylation is 1. The highest BCUT2D eigenvalue weighted by atomic mass is 16.1. The summed E-state index contributed by atoms with van der Waals surface area (Å²) in [5.74, 6) is 0.0391. The molecule has 3 heteroatoms. The average Bonchev–Trinajstić information content (AvgIpc) is 3.00. The van der Waals surface area contributed by atoms with Crippen LogP contribution < -0.4 is 5.32 Å². The Morgan fingerprint density at radius 3 is 2.75 bits per heavy atom. The molecule has 0 saturated heterocycles. The zero-order valence-corrected chi connectivity index (χ0v) is 12.9. The standard InChI is InChI=1S/C17H26N2O/c1-4-11-19-13(2)12-15(14(19)3)9-10-17(20)18-16-7-5-6-8-16/h9-10,12,16H,4-8,11H2,1-3H3,(H,18,20)/b10-9+. The van der Waals surface area contributed by atoms with Crippen LogP contribution in [0.25, 0.3) is 6.08 Å². The summed E-state index contributed by atoms with van der Waals surface area (Å²) in [4.78, 5) is 11.9. The van der Waals surface area contributed by atoms with Crippen molar-refractivity contribution in [3.8, 4) is 0 Å². The van der Waals surface area contributed by atoms with Gasteiger partial charge in [0.25, 0.3) is 0 Å². The Hall–Kier alpha value is -1.51. The minimum absolute atomic E-state index is 0.0391. The van der Waals surface area contributed by atoms with Crippen molar-refractivity contribution < 1.29 is 4.79 Å². The van der Waals surface area contributed by atoms with E-state index in [-0.39, 0.29) is 5.91 Å². The van der Waals surface area contributed by atoms with Gasteiger partial charge in [-0.15, -0.1) is 0 Å². The molecule has 0 spiro atoms. The van der Waals surface area contributed by atoms with Crippen LogP contribution in [0.5, 0.6) is 0 Å². The van der Waals surface area contributed by atoms with Crippen LogP contribution in [0.1, 0.15) is 56.0 Å². The SMILES string of the molecule is CCCn1c(C)cc(/C=C/C(=O)NC2CCCC2)c1C. The lowest BCUT2D eigenvalue weighted by Crippen LogP contribution is -2.30. The molecule has 3 nitrogen and oxygen atoms in total. The molecular formula is C17H26N2O. The highest BCUT2D eigenvalue weighted by Gasteiger charge is 2.15. The Morgan fingerprint density at radius 2 is 2.10 bits per heavy atom. The van der Waals surface area contributed by atoms with Crippen LogP contribution in [0.2, 0.25) is 0 Å². The molecule has 0 radical (unpaired) electrons. The van der Waals surface area contributed by atoms with Crippen molar-refractivity contribution in [1.29, 1.82) is 0 Å². The summed E-state index contributed by atoms with van der Waals surface area (Å²) in [6.07, 6.45) is 9.49. The van der Waals surface area contributed by atoms with Gasteiger partial charge in [0, 0.05) is 30.1 Å². The van der Waals surface area contributed by atoms with E-state index in [1.54, 1.807) is 6.08 Å². The summed E-state index contributed by atoms with van der Waals surface area (Å²) in [6, 6.07) is 2.55. The molecule has 0 aromatic carbocycles. The summed E-state index contributed by atoms with van der Waals surface area (Å²) in [5, 5.41) is 3.08. The molecule has 0 unspecified atom stereocenters. The predicted molar refractivity (Wildman–Crippen MR) is 83.6 cm³/mol. The lowest BCUT2D eigenvalue weighted by Gasteiger charge is -2.09. The molecule has 1 amide bonds. The molecule has 20 heavy (non-hydrogen) atoms. The van der Waals surface area contributed by atoms with E-state index >= 15 is 0 Å². The van der Waals surface area contributed by atoms with Crippen LogP contribution in [0, 0.1) is 13.8 Å². The van der Waals surface area contributed by atoms with Crippen molar-refractivity contribution in [1.82, 2.24) is 9.88 Å². The minimum Gasteiger partial charge on any atom is -0.350 e. The number of hydrogen-bond donors (Lipinski definition) is 1. The fourth-order valence-corrected chi connectivity index (χ4v) is 3.05. The first-order valence-corrected chi connectivity index (χ1v) is 7.77. The molecule has 1 aliphatic rings. The Bertz CT molecular complexity index is 493. The molecule has 1 aliphatic carbocycles. The Kier molecular flexibility index (Phi) is 5.05. The molecular weight excluding hydrogens is 248 g/mol. The van der Waals surface area contributed by atoms with Crippen molar-refractivity contribution >= 4 is 12.0 Å². The summed E-state index contributed by atoms with van der Waals surface area (Å²) >= 11 is 0. The van der Waals surface area contributed by atoms with E-state index in [4.69, 9.17) is 0 Å². The van der Waals surface area contributed by atoms with E-state index in [1.165, 1.54) is 24.2 Å². The first kappa shape index (κ1) is 14.9. The molecule has 0 bridgehead atoms. The van der Waals surface area contributed by atoms with Gasteiger partial charge in [0.1, 0.15) is 0 Å². The lowest BCUT2D eigenvalue weighted by molar-refractivity contribution is -0.117. The molecule has 1 saturated carbocycles. The molecule has 1 N–H and O–H groups in total. The number of aromatic nitrogens is 1. The van der Waals surface area contributed by atoms with Crippen molar-refractivity contribution in [2.75, 3.05) is 0 Å². The smallest absolute Gasteiger partial charge is 0.244 e. The number of rotatable bonds is 5. The van der Waals surface area contributed by atoms with Crippen LogP contribution in [-0.4, -0.2) is 16.5 Å². The Labute approximate surface area is 122 Å². The molecule has 0 atom stereocenters. The van der Waals surface area contributed by atoms with Crippen LogP contribution in [0.3, 0.4) is 0 Å². The zero-order valence-electron chi connectivity index (χ0n) is 12.9. The normalized spacial score (nSPS) is 16.1. The summed E-state index contributed by atoms with van der Waals surface area (Å²) in [7, 11) is 0. The summed E-state index contributed by atoms with van der Waals surface area (Å²) in [6.45, 7) is 7.47. The Balaban J connectivity index is 1.99. The third-order valence-electron chi connectivity index (χ3n) is 4.18. The molecule has 1 aromatic rings. The maximum atomic E-state index is 11.9. The van der Waals surface area contributed by atoms with E-state index in [9.17, 15) is 4.79 Å².